The zero-order valence-electron chi connectivity index (χ0n) is 18.2. The first-order chi connectivity index (χ1) is 16.0. The average molecular weight is 450 g/mol. The standard InChI is InChI=1S/C24H27N5O4/c25-12-17-6-3-9-26-22(17)28-10-7-16(8-11-28)13-27-23(32)20(30)21(31)24(33)29-14-18-4-1-2-5-19(18)15-29/h1-6,9,16,20-21,30-31H,7-8,10-11,13-15H2,(H,27,32)/t20-,21-/m1/s1. The Hall–Kier alpha value is -3.48. The van der Waals surface area contributed by atoms with Gasteiger partial charge in [-0.3, -0.25) is 9.59 Å². The smallest absolute Gasteiger partial charge is 0.255 e. The van der Waals surface area contributed by atoms with E-state index in [0.29, 0.717) is 44.1 Å². The molecule has 0 aliphatic carbocycles. The second kappa shape index (κ2) is 9.98. The fourth-order valence-electron chi connectivity index (χ4n) is 4.39. The lowest BCUT2D eigenvalue weighted by atomic mass is 9.96. The molecule has 0 saturated carbocycles. The maximum Gasteiger partial charge on any atom is 0.255 e. The Morgan fingerprint density at radius 2 is 1.76 bits per heavy atom. The minimum Gasteiger partial charge on any atom is -0.380 e. The van der Waals surface area contributed by atoms with Gasteiger partial charge in [0.2, 0.25) is 0 Å². The van der Waals surface area contributed by atoms with Crippen molar-refractivity contribution in [1.29, 1.82) is 5.26 Å². The Labute approximate surface area is 192 Å². The summed E-state index contributed by atoms with van der Waals surface area (Å²) in [5.41, 5.74) is 2.53. The largest absolute Gasteiger partial charge is 0.380 e. The fraction of sp³-hybridized carbons (Fsp3) is 0.417. The highest BCUT2D eigenvalue weighted by Gasteiger charge is 2.35. The van der Waals surface area contributed by atoms with Crippen molar-refractivity contribution in [2.24, 2.45) is 5.92 Å². The number of hydrogen-bond donors (Lipinski definition) is 3. The molecule has 1 saturated heterocycles. The fourth-order valence-corrected chi connectivity index (χ4v) is 4.39. The monoisotopic (exact) mass is 449 g/mol. The van der Waals surface area contributed by atoms with E-state index in [-0.39, 0.29) is 5.92 Å². The Morgan fingerprint density at radius 3 is 2.39 bits per heavy atom. The summed E-state index contributed by atoms with van der Waals surface area (Å²) < 4.78 is 0. The van der Waals surface area contributed by atoms with Crippen LogP contribution in [-0.2, 0) is 22.7 Å². The molecule has 3 heterocycles. The van der Waals surface area contributed by atoms with Crippen molar-refractivity contribution in [1.82, 2.24) is 15.2 Å². The Balaban J connectivity index is 1.24. The summed E-state index contributed by atoms with van der Waals surface area (Å²) in [5.74, 6) is -0.562. The van der Waals surface area contributed by atoms with E-state index in [4.69, 9.17) is 0 Å². The van der Waals surface area contributed by atoms with Gasteiger partial charge in [-0.2, -0.15) is 5.26 Å². The Morgan fingerprint density at radius 1 is 1.09 bits per heavy atom. The second-order valence-electron chi connectivity index (χ2n) is 8.51. The van der Waals surface area contributed by atoms with Gasteiger partial charge in [-0.05, 0) is 42.0 Å². The number of carbonyl (C=O) groups is 2. The molecular weight excluding hydrogens is 422 g/mol. The summed E-state index contributed by atoms with van der Waals surface area (Å²) in [7, 11) is 0. The molecule has 9 heteroatoms. The second-order valence-corrected chi connectivity index (χ2v) is 8.51. The SMILES string of the molecule is N#Cc1cccnc1N1CCC(CNC(=O)[C@H](O)[C@@H](O)C(=O)N2Cc3ccccc3C2)CC1. The number of carbonyl (C=O) groups excluding carboxylic acids is 2. The number of amides is 2. The van der Waals surface area contributed by atoms with Gasteiger partial charge < -0.3 is 25.3 Å². The van der Waals surface area contributed by atoms with E-state index >= 15 is 0 Å². The number of nitrogens with one attached hydrogen (secondary N) is 1. The van der Waals surface area contributed by atoms with Gasteiger partial charge in [0.05, 0.1) is 5.56 Å². The molecule has 33 heavy (non-hydrogen) atoms. The molecule has 9 nitrogen and oxygen atoms in total. The summed E-state index contributed by atoms with van der Waals surface area (Å²) in [6, 6.07) is 13.2. The van der Waals surface area contributed by atoms with Crippen LogP contribution in [0.15, 0.2) is 42.6 Å². The Bertz CT molecular complexity index is 1040. The van der Waals surface area contributed by atoms with Gasteiger partial charge in [0.25, 0.3) is 11.8 Å². The quantitative estimate of drug-likeness (QED) is 0.587. The first kappa shape index (κ1) is 22.7. The van der Waals surface area contributed by atoms with Crippen LogP contribution >= 0.6 is 0 Å². The van der Waals surface area contributed by atoms with Crippen LogP contribution in [0.3, 0.4) is 0 Å². The molecule has 0 bridgehead atoms. The van der Waals surface area contributed by atoms with Crippen LogP contribution in [0.1, 0.15) is 29.5 Å². The van der Waals surface area contributed by atoms with Crippen LogP contribution in [-0.4, -0.2) is 63.8 Å². The van der Waals surface area contributed by atoms with E-state index in [1.807, 2.05) is 24.3 Å². The van der Waals surface area contributed by atoms with E-state index < -0.39 is 24.0 Å². The summed E-state index contributed by atoms with van der Waals surface area (Å²) in [6.07, 6.45) is -0.406. The van der Waals surface area contributed by atoms with Crippen molar-refractivity contribution in [3.8, 4) is 6.07 Å². The maximum absolute atomic E-state index is 12.6. The highest BCUT2D eigenvalue weighted by molar-refractivity contribution is 5.90. The lowest BCUT2D eigenvalue weighted by molar-refractivity contribution is -0.153. The molecule has 2 aliphatic heterocycles. The molecule has 2 aliphatic rings. The minimum atomic E-state index is -1.83. The number of benzene rings is 1. The number of nitriles is 1. The molecule has 2 amide bonds. The van der Waals surface area contributed by atoms with Gasteiger partial charge in [-0.15, -0.1) is 0 Å². The zero-order valence-corrected chi connectivity index (χ0v) is 18.2. The number of anilines is 1. The number of piperidine rings is 1. The van der Waals surface area contributed by atoms with Crippen molar-refractivity contribution >= 4 is 17.6 Å². The van der Waals surface area contributed by atoms with Crippen LogP contribution in [0.5, 0.6) is 0 Å². The van der Waals surface area contributed by atoms with Crippen molar-refractivity contribution in [2.45, 2.75) is 38.1 Å². The molecule has 2 aromatic rings. The molecule has 0 unspecified atom stereocenters. The van der Waals surface area contributed by atoms with Gasteiger partial charge in [0.1, 0.15) is 11.9 Å². The van der Waals surface area contributed by atoms with E-state index in [2.05, 4.69) is 21.3 Å². The zero-order chi connectivity index (χ0) is 23.4. The minimum absolute atomic E-state index is 0.188. The number of rotatable bonds is 6. The topological polar surface area (TPSA) is 130 Å². The van der Waals surface area contributed by atoms with Gasteiger partial charge in [-0.25, -0.2) is 4.98 Å². The predicted molar refractivity (Wildman–Crippen MR) is 120 cm³/mol. The van der Waals surface area contributed by atoms with Crippen LogP contribution in [0, 0.1) is 17.2 Å². The number of aliphatic hydroxyl groups is 2. The number of pyridine rings is 1. The van der Waals surface area contributed by atoms with Crippen LogP contribution in [0.4, 0.5) is 5.82 Å². The Kier molecular flexibility index (Phi) is 6.87. The van der Waals surface area contributed by atoms with Gasteiger partial charge in [0, 0.05) is 38.9 Å². The molecule has 3 N–H and O–H groups in total. The third-order valence-corrected chi connectivity index (χ3v) is 6.36. The number of fused-ring (bicyclic) bond motifs is 1. The first-order valence-corrected chi connectivity index (χ1v) is 11.1. The highest BCUT2D eigenvalue weighted by atomic mass is 16.3. The molecule has 0 spiro atoms. The van der Waals surface area contributed by atoms with Crippen molar-refractivity contribution in [3.05, 3.63) is 59.3 Å². The summed E-state index contributed by atoms with van der Waals surface area (Å²) in [6.45, 7) is 2.44. The first-order valence-electron chi connectivity index (χ1n) is 11.1. The van der Waals surface area contributed by atoms with E-state index in [0.717, 1.165) is 24.0 Å². The van der Waals surface area contributed by atoms with E-state index in [9.17, 15) is 25.1 Å². The molecule has 1 aromatic carbocycles. The van der Waals surface area contributed by atoms with Crippen molar-refractivity contribution < 1.29 is 19.8 Å². The predicted octanol–water partition coefficient (Wildman–Crippen LogP) is 0.550. The van der Waals surface area contributed by atoms with Crippen molar-refractivity contribution in [2.75, 3.05) is 24.5 Å². The molecule has 1 aromatic heterocycles. The molecule has 1 fully saturated rings. The lowest BCUT2D eigenvalue weighted by Crippen LogP contribution is -2.50. The van der Waals surface area contributed by atoms with Crippen molar-refractivity contribution in [3.63, 3.8) is 0 Å². The number of aliphatic hydroxyl groups excluding tert-OH is 2. The molecular formula is C24H27N5O4. The number of aromatic nitrogens is 1. The summed E-state index contributed by atoms with van der Waals surface area (Å²) in [5, 5.41) is 32.5. The molecule has 0 radical (unpaired) electrons. The third kappa shape index (κ3) is 4.97. The summed E-state index contributed by atoms with van der Waals surface area (Å²) in [4.78, 5) is 32.8. The van der Waals surface area contributed by atoms with Crippen LogP contribution in [0.2, 0.25) is 0 Å². The van der Waals surface area contributed by atoms with Crippen LogP contribution in [0.25, 0.3) is 0 Å². The maximum atomic E-state index is 12.6. The third-order valence-electron chi connectivity index (χ3n) is 6.36. The van der Waals surface area contributed by atoms with E-state index in [1.54, 1.807) is 18.3 Å². The van der Waals surface area contributed by atoms with Gasteiger partial charge >= 0.3 is 0 Å². The molecule has 172 valence electrons. The van der Waals surface area contributed by atoms with E-state index in [1.165, 1.54) is 4.90 Å². The average Bonchev–Trinajstić information content (AvgIpc) is 3.30. The highest BCUT2D eigenvalue weighted by Crippen LogP contribution is 2.25. The molecule has 2 atom stereocenters. The summed E-state index contributed by atoms with van der Waals surface area (Å²) >= 11 is 0. The number of hydrogen-bond acceptors (Lipinski definition) is 7. The number of nitrogens with zero attached hydrogens (tertiary/aromatic N) is 4. The normalized spacial score (nSPS) is 17.7. The van der Waals surface area contributed by atoms with Crippen LogP contribution < -0.4 is 10.2 Å². The van der Waals surface area contributed by atoms with Gasteiger partial charge in [0.15, 0.2) is 12.2 Å². The van der Waals surface area contributed by atoms with Gasteiger partial charge in [-0.1, -0.05) is 24.3 Å². The molecule has 4 rings (SSSR count). The lowest BCUT2D eigenvalue weighted by Gasteiger charge is -2.33.